The third-order valence-corrected chi connectivity index (χ3v) is 3.16. The first-order valence-corrected chi connectivity index (χ1v) is 6.69. The number of nitriles is 1. The molecule has 3 rings (SSSR count). The standard InChI is InChI=1S/C19H13NO/c20-14-15-9-11-18(12-10-15)21-19-8-4-7-17(13-19)16-5-2-1-3-6-16/h1-13H. The maximum absolute atomic E-state index is 8.79. The van der Waals surface area contributed by atoms with Crippen molar-refractivity contribution in [1.29, 1.82) is 5.26 Å². The Morgan fingerprint density at radius 1 is 0.667 bits per heavy atom. The van der Waals surface area contributed by atoms with Gasteiger partial charge in [0, 0.05) is 0 Å². The summed E-state index contributed by atoms with van der Waals surface area (Å²) in [5.74, 6) is 1.50. The third kappa shape index (κ3) is 3.10. The van der Waals surface area contributed by atoms with Gasteiger partial charge in [-0.25, -0.2) is 0 Å². The fraction of sp³-hybridized carbons (Fsp3) is 0. The molecule has 2 nitrogen and oxygen atoms in total. The second kappa shape index (κ2) is 5.94. The van der Waals surface area contributed by atoms with Crippen LogP contribution < -0.4 is 4.74 Å². The fourth-order valence-electron chi connectivity index (χ4n) is 2.10. The molecule has 0 radical (unpaired) electrons. The van der Waals surface area contributed by atoms with Gasteiger partial charge in [0.05, 0.1) is 11.6 Å². The lowest BCUT2D eigenvalue weighted by molar-refractivity contribution is 0.483. The summed E-state index contributed by atoms with van der Waals surface area (Å²) < 4.78 is 5.83. The molecule has 0 aliphatic carbocycles. The van der Waals surface area contributed by atoms with Crippen molar-refractivity contribution in [3.05, 3.63) is 84.4 Å². The van der Waals surface area contributed by atoms with E-state index in [1.54, 1.807) is 24.3 Å². The number of hydrogen-bond donors (Lipinski definition) is 0. The van der Waals surface area contributed by atoms with Crippen molar-refractivity contribution in [2.45, 2.75) is 0 Å². The molecular formula is C19H13NO. The van der Waals surface area contributed by atoms with Crippen molar-refractivity contribution in [2.75, 3.05) is 0 Å². The van der Waals surface area contributed by atoms with E-state index >= 15 is 0 Å². The smallest absolute Gasteiger partial charge is 0.128 e. The summed E-state index contributed by atoms with van der Waals surface area (Å²) in [6, 6.07) is 27.3. The zero-order valence-electron chi connectivity index (χ0n) is 11.4. The molecule has 0 atom stereocenters. The van der Waals surface area contributed by atoms with Gasteiger partial charge in [0.25, 0.3) is 0 Å². The Labute approximate surface area is 123 Å². The minimum absolute atomic E-state index is 0.625. The van der Waals surface area contributed by atoms with Crippen LogP contribution in [-0.4, -0.2) is 0 Å². The van der Waals surface area contributed by atoms with Gasteiger partial charge in [0.1, 0.15) is 11.5 Å². The molecular weight excluding hydrogens is 258 g/mol. The molecule has 0 heterocycles. The number of hydrogen-bond acceptors (Lipinski definition) is 2. The highest BCUT2D eigenvalue weighted by atomic mass is 16.5. The van der Waals surface area contributed by atoms with Gasteiger partial charge in [-0.15, -0.1) is 0 Å². The molecule has 0 spiro atoms. The molecule has 0 aromatic heterocycles. The quantitative estimate of drug-likeness (QED) is 0.670. The van der Waals surface area contributed by atoms with Gasteiger partial charge in [-0.3, -0.25) is 0 Å². The summed E-state index contributed by atoms with van der Waals surface area (Å²) in [5, 5.41) is 8.79. The second-order valence-corrected chi connectivity index (χ2v) is 4.63. The lowest BCUT2D eigenvalue weighted by atomic mass is 10.1. The van der Waals surface area contributed by atoms with Crippen molar-refractivity contribution >= 4 is 0 Å². The second-order valence-electron chi connectivity index (χ2n) is 4.63. The highest BCUT2D eigenvalue weighted by Gasteiger charge is 2.01. The van der Waals surface area contributed by atoms with Crippen molar-refractivity contribution < 1.29 is 4.74 Å². The molecule has 0 N–H and O–H groups in total. The minimum atomic E-state index is 0.625. The average Bonchev–Trinajstić information content (AvgIpc) is 2.57. The Hall–Kier alpha value is -3.05. The molecule has 100 valence electrons. The van der Waals surface area contributed by atoms with Crippen molar-refractivity contribution in [1.82, 2.24) is 0 Å². The van der Waals surface area contributed by atoms with Gasteiger partial charge in [0.15, 0.2) is 0 Å². The van der Waals surface area contributed by atoms with E-state index in [0.29, 0.717) is 5.56 Å². The maximum Gasteiger partial charge on any atom is 0.128 e. The topological polar surface area (TPSA) is 33.0 Å². The molecule has 0 bridgehead atoms. The van der Waals surface area contributed by atoms with Crippen LogP contribution in [0.2, 0.25) is 0 Å². The van der Waals surface area contributed by atoms with Crippen LogP contribution >= 0.6 is 0 Å². The normalized spacial score (nSPS) is 9.86. The van der Waals surface area contributed by atoms with Crippen LogP contribution in [-0.2, 0) is 0 Å². The molecule has 0 unspecified atom stereocenters. The van der Waals surface area contributed by atoms with Crippen LogP contribution in [0.15, 0.2) is 78.9 Å². The van der Waals surface area contributed by atoms with E-state index < -0.39 is 0 Å². The number of nitrogens with zero attached hydrogens (tertiary/aromatic N) is 1. The average molecular weight is 271 g/mol. The lowest BCUT2D eigenvalue weighted by Gasteiger charge is -2.08. The predicted molar refractivity (Wildman–Crippen MR) is 83.1 cm³/mol. The Balaban J connectivity index is 1.85. The first-order chi connectivity index (χ1) is 10.3. The van der Waals surface area contributed by atoms with E-state index in [-0.39, 0.29) is 0 Å². The minimum Gasteiger partial charge on any atom is -0.457 e. The highest BCUT2D eigenvalue weighted by molar-refractivity contribution is 5.65. The van der Waals surface area contributed by atoms with Gasteiger partial charge in [-0.05, 0) is 47.5 Å². The summed E-state index contributed by atoms with van der Waals surface area (Å²) >= 11 is 0. The Morgan fingerprint density at radius 2 is 1.38 bits per heavy atom. The number of benzene rings is 3. The van der Waals surface area contributed by atoms with E-state index in [2.05, 4.69) is 24.3 Å². The van der Waals surface area contributed by atoms with Crippen LogP contribution in [0.3, 0.4) is 0 Å². The van der Waals surface area contributed by atoms with Crippen LogP contribution in [0, 0.1) is 11.3 Å². The Kier molecular flexibility index (Phi) is 3.66. The van der Waals surface area contributed by atoms with Crippen LogP contribution in [0.1, 0.15) is 5.56 Å². The largest absolute Gasteiger partial charge is 0.457 e. The van der Waals surface area contributed by atoms with Crippen molar-refractivity contribution in [2.24, 2.45) is 0 Å². The summed E-state index contributed by atoms with van der Waals surface area (Å²) in [7, 11) is 0. The van der Waals surface area contributed by atoms with E-state index in [1.807, 2.05) is 36.4 Å². The zero-order chi connectivity index (χ0) is 14.5. The van der Waals surface area contributed by atoms with Crippen LogP contribution in [0.4, 0.5) is 0 Å². The van der Waals surface area contributed by atoms with Crippen molar-refractivity contribution in [3.63, 3.8) is 0 Å². The van der Waals surface area contributed by atoms with Crippen molar-refractivity contribution in [3.8, 4) is 28.7 Å². The van der Waals surface area contributed by atoms with Gasteiger partial charge < -0.3 is 4.74 Å². The van der Waals surface area contributed by atoms with Gasteiger partial charge in [-0.1, -0.05) is 42.5 Å². The van der Waals surface area contributed by atoms with E-state index in [0.717, 1.165) is 22.6 Å². The lowest BCUT2D eigenvalue weighted by Crippen LogP contribution is -1.85. The molecule has 3 aromatic carbocycles. The third-order valence-electron chi connectivity index (χ3n) is 3.16. The molecule has 0 saturated heterocycles. The monoisotopic (exact) mass is 271 g/mol. The van der Waals surface area contributed by atoms with E-state index in [9.17, 15) is 0 Å². The molecule has 0 saturated carbocycles. The van der Waals surface area contributed by atoms with Crippen LogP contribution in [0.5, 0.6) is 11.5 Å². The number of rotatable bonds is 3. The summed E-state index contributed by atoms with van der Waals surface area (Å²) in [4.78, 5) is 0. The molecule has 0 aliphatic rings. The number of ether oxygens (including phenoxy) is 1. The molecule has 21 heavy (non-hydrogen) atoms. The molecule has 3 aromatic rings. The van der Waals surface area contributed by atoms with E-state index in [1.165, 1.54) is 0 Å². The summed E-state index contributed by atoms with van der Waals surface area (Å²) in [5.41, 5.74) is 2.89. The first-order valence-electron chi connectivity index (χ1n) is 6.69. The SMILES string of the molecule is N#Cc1ccc(Oc2cccc(-c3ccccc3)c2)cc1. The fourth-order valence-corrected chi connectivity index (χ4v) is 2.10. The van der Waals surface area contributed by atoms with Gasteiger partial charge in [0.2, 0.25) is 0 Å². The van der Waals surface area contributed by atoms with Gasteiger partial charge >= 0.3 is 0 Å². The summed E-state index contributed by atoms with van der Waals surface area (Å²) in [6.07, 6.45) is 0. The Morgan fingerprint density at radius 3 is 2.10 bits per heavy atom. The molecule has 2 heteroatoms. The Bertz CT molecular complexity index is 771. The molecule has 0 amide bonds. The van der Waals surface area contributed by atoms with Crippen LogP contribution in [0.25, 0.3) is 11.1 Å². The summed E-state index contributed by atoms with van der Waals surface area (Å²) in [6.45, 7) is 0. The van der Waals surface area contributed by atoms with Gasteiger partial charge in [-0.2, -0.15) is 5.26 Å². The van der Waals surface area contributed by atoms with E-state index in [4.69, 9.17) is 10.00 Å². The highest BCUT2D eigenvalue weighted by Crippen LogP contribution is 2.27. The first kappa shape index (κ1) is 13.0. The maximum atomic E-state index is 8.79. The predicted octanol–water partition coefficient (Wildman–Crippen LogP) is 5.02. The molecule has 0 aliphatic heterocycles. The molecule has 0 fully saturated rings. The zero-order valence-corrected chi connectivity index (χ0v) is 11.4.